The summed E-state index contributed by atoms with van der Waals surface area (Å²) in [5, 5.41) is 8.36. The number of hydrogen-bond acceptors (Lipinski definition) is 4. The summed E-state index contributed by atoms with van der Waals surface area (Å²) in [6.45, 7) is 5.13. The van der Waals surface area contributed by atoms with E-state index in [0.717, 1.165) is 6.42 Å². The van der Waals surface area contributed by atoms with Crippen molar-refractivity contribution in [3.8, 4) is 0 Å². The highest BCUT2D eigenvalue weighted by atomic mass is 32.2. The molecule has 0 aromatic carbocycles. The molecule has 0 radical (unpaired) electrons. The summed E-state index contributed by atoms with van der Waals surface area (Å²) in [7, 11) is -3.66. The molecule has 0 saturated carbocycles. The molecular formula is C8H19NO5S. The number of hydrogen-bond donors (Lipinski definition) is 3. The molecule has 0 aliphatic rings. The van der Waals surface area contributed by atoms with Crippen molar-refractivity contribution in [2.24, 2.45) is 11.7 Å². The van der Waals surface area contributed by atoms with E-state index >= 15 is 0 Å². The molecule has 92 valence electrons. The maximum absolute atomic E-state index is 10.2. The summed E-state index contributed by atoms with van der Waals surface area (Å²) >= 11 is 0. The molecule has 6 nitrogen and oxygen atoms in total. The van der Waals surface area contributed by atoms with Crippen LogP contribution in [0.15, 0.2) is 0 Å². The van der Waals surface area contributed by atoms with E-state index in [1.165, 1.54) is 6.92 Å². The molecule has 0 spiro atoms. The van der Waals surface area contributed by atoms with E-state index in [4.69, 9.17) is 15.4 Å². The molecule has 0 aliphatic heterocycles. The van der Waals surface area contributed by atoms with Crippen LogP contribution in [0.2, 0.25) is 0 Å². The topological polar surface area (TPSA) is 118 Å². The van der Waals surface area contributed by atoms with Gasteiger partial charge in [0.25, 0.3) is 10.1 Å². The SMILES string of the molecule is CCC(C)C(N)C(=O)O.CCS(=O)(=O)O. The smallest absolute Gasteiger partial charge is 0.320 e. The van der Waals surface area contributed by atoms with Crippen LogP contribution in [0.4, 0.5) is 0 Å². The molecule has 0 bridgehead atoms. The Labute approximate surface area is 90.2 Å². The molecule has 0 aliphatic carbocycles. The zero-order valence-corrected chi connectivity index (χ0v) is 9.99. The molecule has 15 heavy (non-hydrogen) atoms. The van der Waals surface area contributed by atoms with E-state index < -0.39 is 22.1 Å². The van der Waals surface area contributed by atoms with Crippen LogP contribution in [0.3, 0.4) is 0 Å². The summed E-state index contributed by atoms with van der Waals surface area (Å²) in [6.07, 6.45) is 0.813. The lowest BCUT2D eigenvalue weighted by molar-refractivity contribution is -0.139. The largest absolute Gasteiger partial charge is 0.480 e. The number of rotatable bonds is 4. The highest BCUT2D eigenvalue weighted by molar-refractivity contribution is 7.85. The molecule has 2 atom stereocenters. The number of carboxylic acids is 1. The molecule has 0 aromatic heterocycles. The second-order valence-electron chi connectivity index (χ2n) is 3.12. The fourth-order valence-corrected chi connectivity index (χ4v) is 0.497. The van der Waals surface area contributed by atoms with E-state index in [2.05, 4.69) is 0 Å². The lowest BCUT2D eigenvalue weighted by Gasteiger charge is -2.11. The Balaban J connectivity index is 0. The van der Waals surface area contributed by atoms with Gasteiger partial charge >= 0.3 is 5.97 Å². The maximum atomic E-state index is 10.2. The molecule has 7 heteroatoms. The summed E-state index contributed by atoms with van der Waals surface area (Å²) in [5.41, 5.74) is 5.27. The monoisotopic (exact) mass is 241 g/mol. The first-order valence-electron chi connectivity index (χ1n) is 4.59. The van der Waals surface area contributed by atoms with Gasteiger partial charge in [-0.15, -0.1) is 0 Å². The van der Waals surface area contributed by atoms with Crippen molar-refractivity contribution >= 4 is 16.1 Å². The molecule has 4 N–H and O–H groups in total. The van der Waals surface area contributed by atoms with Gasteiger partial charge in [-0.1, -0.05) is 20.3 Å². The first-order valence-corrected chi connectivity index (χ1v) is 6.20. The van der Waals surface area contributed by atoms with E-state index in [1.807, 2.05) is 13.8 Å². The predicted molar refractivity (Wildman–Crippen MR) is 57.2 cm³/mol. The van der Waals surface area contributed by atoms with Crippen LogP contribution in [0.25, 0.3) is 0 Å². The van der Waals surface area contributed by atoms with E-state index in [-0.39, 0.29) is 11.7 Å². The average Bonchev–Trinajstić information content (AvgIpc) is 2.15. The van der Waals surface area contributed by atoms with Gasteiger partial charge in [0.1, 0.15) is 6.04 Å². The molecule has 0 heterocycles. The second-order valence-corrected chi connectivity index (χ2v) is 4.86. The summed E-state index contributed by atoms with van der Waals surface area (Å²) in [5.74, 6) is -1.04. The molecule has 0 rings (SSSR count). The summed E-state index contributed by atoms with van der Waals surface area (Å²) < 4.78 is 26.9. The Morgan fingerprint density at radius 3 is 1.80 bits per heavy atom. The van der Waals surface area contributed by atoms with Crippen LogP contribution in [0.5, 0.6) is 0 Å². The minimum atomic E-state index is -3.66. The Bertz CT molecular complexity index is 275. The van der Waals surface area contributed by atoms with Crippen molar-refractivity contribution in [1.29, 1.82) is 0 Å². The Morgan fingerprint density at radius 1 is 1.40 bits per heavy atom. The van der Waals surface area contributed by atoms with Gasteiger partial charge in [0.2, 0.25) is 0 Å². The lowest BCUT2D eigenvalue weighted by Crippen LogP contribution is -2.36. The minimum absolute atomic E-state index is 0.0718. The first kappa shape index (κ1) is 16.8. The molecule has 0 aromatic rings. The summed E-state index contributed by atoms with van der Waals surface area (Å²) in [4.78, 5) is 10.2. The Morgan fingerprint density at radius 2 is 1.73 bits per heavy atom. The third kappa shape index (κ3) is 11.3. The fraction of sp³-hybridized carbons (Fsp3) is 0.875. The van der Waals surface area contributed by atoms with Crippen LogP contribution in [-0.2, 0) is 14.9 Å². The molecule has 0 amide bonds. The van der Waals surface area contributed by atoms with Gasteiger partial charge in [0, 0.05) is 0 Å². The third-order valence-corrected chi connectivity index (χ3v) is 2.64. The van der Waals surface area contributed by atoms with Crippen LogP contribution in [0, 0.1) is 5.92 Å². The number of nitrogens with two attached hydrogens (primary N) is 1. The quantitative estimate of drug-likeness (QED) is 0.611. The molecule has 0 fully saturated rings. The number of aliphatic carboxylic acids is 1. The Hall–Kier alpha value is -0.660. The number of carboxylic acid groups (broad SMARTS) is 1. The van der Waals surface area contributed by atoms with E-state index in [0.29, 0.717) is 0 Å². The van der Waals surface area contributed by atoms with Crippen LogP contribution in [0.1, 0.15) is 27.2 Å². The Kier molecular flexibility index (Phi) is 8.50. The van der Waals surface area contributed by atoms with E-state index in [1.54, 1.807) is 0 Å². The third-order valence-electron chi connectivity index (χ3n) is 1.91. The van der Waals surface area contributed by atoms with Gasteiger partial charge in [-0.05, 0) is 12.8 Å². The van der Waals surface area contributed by atoms with Crippen molar-refractivity contribution in [2.45, 2.75) is 33.2 Å². The molecular weight excluding hydrogens is 222 g/mol. The highest BCUT2D eigenvalue weighted by Crippen LogP contribution is 2.04. The predicted octanol–water partition coefficient (Wildman–Crippen LogP) is 0.339. The van der Waals surface area contributed by atoms with Crippen molar-refractivity contribution < 1.29 is 22.9 Å². The van der Waals surface area contributed by atoms with E-state index in [9.17, 15) is 13.2 Å². The van der Waals surface area contributed by atoms with Crippen molar-refractivity contribution in [3.05, 3.63) is 0 Å². The van der Waals surface area contributed by atoms with Gasteiger partial charge in [0.05, 0.1) is 5.75 Å². The molecule has 0 saturated heterocycles. The van der Waals surface area contributed by atoms with Gasteiger partial charge in [-0.25, -0.2) is 0 Å². The van der Waals surface area contributed by atoms with Crippen molar-refractivity contribution in [2.75, 3.05) is 5.75 Å². The van der Waals surface area contributed by atoms with Gasteiger partial charge in [-0.2, -0.15) is 8.42 Å². The van der Waals surface area contributed by atoms with Crippen molar-refractivity contribution in [1.82, 2.24) is 0 Å². The van der Waals surface area contributed by atoms with Gasteiger partial charge < -0.3 is 10.8 Å². The van der Waals surface area contributed by atoms with Gasteiger partial charge in [-0.3, -0.25) is 9.35 Å². The highest BCUT2D eigenvalue weighted by Gasteiger charge is 2.17. The first-order chi connectivity index (χ1) is 6.65. The second kappa shape index (κ2) is 7.61. The minimum Gasteiger partial charge on any atom is -0.480 e. The van der Waals surface area contributed by atoms with Gasteiger partial charge in [0.15, 0.2) is 0 Å². The standard InChI is InChI=1S/C6H13NO2.C2H6O3S/c1-3-4(2)5(7)6(8)9;1-2-6(3,4)5/h4-5H,3,7H2,1-2H3,(H,8,9);2H2,1H3,(H,3,4,5). The average molecular weight is 241 g/mol. The summed E-state index contributed by atoms with van der Waals surface area (Å²) in [6, 6.07) is -0.699. The molecule has 2 unspecified atom stereocenters. The van der Waals surface area contributed by atoms with Crippen LogP contribution in [-0.4, -0.2) is 35.8 Å². The lowest BCUT2D eigenvalue weighted by atomic mass is 10.0. The fourth-order valence-electron chi connectivity index (χ4n) is 0.497. The van der Waals surface area contributed by atoms with Crippen molar-refractivity contribution in [3.63, 3.8) is 0 Å². The zero-order chi connectivity index (χ0) is 12.6. The maximum Gasteiger partial charge on any atom is 0.320 e. The zero-order valence-electron chi connectivity index (χ0n) is 9.17. The number of carbonyl (C=O) groups is 1. The van der Waals surface area contributed by atoms with Crippen LogP contribution < -0.4 is 5.73 Å². The normalized spacial score (nSPS) is 14.7. The van der Waals surface area contributed by atoms with Crippen LogP contribution >= 0.6 is 0 Å².